The van der Waals surface area contributed by atoms with Crippen molar-refractivity contribution in [3.05, 3.63) is 27.6 Å². The summed E-state index contributed by atoms with van der Waals surface area (Å²) in [5, 5.41) is 4.28. The lowest BCUT2D eigenvalue weighted by Crippen LogP contribution is -2.35. The predicted molar refractivity (Wildman–Crippen MR) is 78.9 cm³/mol. The third kappa shape index (κ3) is 2.72. The number of aryl methyl sites for hydroxylation is 2. The van der Waals surface area contributed by atoms with Crippen LogP contribution in [0.4, 0.5) is 0 Å². The fraction of sp³-hybridized carbons (Fsp3) is 0.571. The normalized spacial score (nSPS) is 19.9. The zero-order valence-electron chi connectivity index (χ0n) is 11.2. The van der Waals surface area contributed by atoms with E-state index in [1.54, 1.807) is 22.2 Å². The minimum absolute atomic E-state index is 0.102. The molecule has 1 fully saturated rings. The van der Waals surface area contributed by atoms with Gasteiger partial charge in [-0.1, -0.05) is 6.42 Å². The molecule has 0 saturated carbocycles. The Morgan fingerprint density at radius 3 is 3.21 bits per heavy atom. The van der Waals surface area contributed by atoms with Crippen molar-refractivity contribution in [2.24, 2.45) is 0 Å². The maximum atomic E-state index is 12.3. The molecule has 2 aromatic rings. The molecule has 3 heterocycles. The first-order chi connectivity index (χ1) is 9.24. The molecular formula is C14H19N3OS. The number of hydrogen-bond donors (Lipinski definition) is 1. The monoisotopic (exact) mass is 277 g/mol. The first-order valence-corrected chi connectivity index (χ1v) is 7.74. The van der Waals surface area contributed by atoms with Crippen molar-refractivity contribution in [3.8, 4) is 0 Å². The van der Waals surface area contributed by atoms with Crippen molar-refractivity contribution < 1.29 is 0 Å². The Hall–Kier alpha value is -1.20. The SMILES string of the molecule is Cc1cc2c(=O)n(CCC3CCCCN3)cnc2s1. The van der Waals surface area contributed by atoms with Crippen LogP contribution < -0.4 is 10.9 Å². The summed E-state index contributed by atoms with van der Waals surface area (Å²) in [6, 6.07) is 2.51. The van der Waals surface area contributed by atoms with Crippen LogP contribution in [0.15, 0.2) is 17.2 Å². The molecular weight excluding hydrogens is 258 g/mol. The smallest absolute Gasteiger partial charge is 0.262 e. The van der Waals surface area contributed by atoms with Gasteiger partial charge in [-0.2, -0.15) is 0 Å². The summed E-state index contributed by atoms with van der Waals surface area (Å²) in [7, 11) is 0. The molecule has 0 aromatic carbocycles. The summed E-state index contributed by atoms with van der Waals surface area (Å²) < 4.78 is 1.75. The fourth-order valence-electron chi connectivity index (χ4n) is 2.70. The van der Waals surface area contributed by atoms with E-state index < -0.39 is 0 Å². The van der Waals surface area contributed by atoms with Gasteiger partial charge in [0.25, 0.3) is 5.56 Å². The first kappa shape index (κ1) is 12.8. The Labute approximate surface area is 116 Å². The van der Waals surface area contributed by atoms with E-state index in [9.17, 15) is 4.79 Å². The Bertz CT molecular complexity index is 625. The molecule has 1 aliphatic heterocycles. The van der Waals surface area contributed by atoms with E-state index in [2.05, 4.69) is 10.3 Å². The summed E-state index contributed by atoms with van der Waals surface area (Å²) in [4.78, 5) is 18.7. The number of nitrogens with zero attached hydrogens (tertiary/aromatic N) is 2. The van der Waals surface area contributed by atoms with Gasteiger partial charge in [-0.25, -0.2) is 4.98 Å². The molecule has 1 aliphatic rings. The molecule has 0 aliphatic carbocycles. The molecule has 1 saturated heterocycles. The third-order valence-corrected chi connectivity index (χ3v) is 4.73. The van der Waals surface area contributed by atoms with Crippen LogP contribution in [0, 0.1) is 6.92 Å². The van der Waals surface area contributed by atoms with Crippen LogP contribution in [-0.4, -0.2) is 22.1 Å². The highest BCUT2D eigenvalue weighted by atomic mass is 32.1. The molecule has 2 aromatic heterocycles. The van der Waals surface area contributed by atoms with Crippen molar-refractivity contribution >= 4 is 21.6 Å². The Kier molecular flexibility index (Phi) is 3.66. The number of thiophene rings is 1. The number of piperidine rings is 1. The van der Waals surface area contributed by atoms with E-state index >= 15 is 0 Å². The van der Waals surface area contributed by atoms with E-state index in [1.807, 2.05) is 13.0 Å². The highest BCUT2D eigenvalue weighted by Gasteiger charge is 2.13. The van der Waals surface area contributed by atoms with Crippen LogP contribution in [0.3, 0.4) is 0 Å². The molecule has 1 unspecified atom stereocenters. The summed E-state index contributed by atoms with van der Waals surface area (Å²) in [5.74, 6) is 0. The van der Waals surface area contributed by atoms with Gasteiger partial charge in [-0.3, -0.25) is 9.36 Å². The van der Waals surface area contributed by atoms with E-state index in [0.717, 1.165) is 34.6 Å². The van der Waals surface area contributed by atoms with Gasteiger partial charge in [0.05, 0.1) is 11.7 Å². The summed E-state index contributed by atoms with van der Waals surface area (Å²) in [5.41, 5.74) is 0.102. The largest absolute Gasteiger partial charge is 0.314 e. The number of hydrogen-bond acceptors (Lipinski definition) is 4. The van der Waals surface area contributed by atoms with Crippen LogP contribution in [0.5, 0.6) is 0 Å². The number of fused-ring (bicyclic) bond motifs is 1. The maximum absolute atomic E-state index is 12.3. The Morgan fingerprint density at radius 2 is 2.42 bits per heavy atom. The molecule has 5 heteroatoms. The molecule has 4 nitrogen and oxygen atoms in total. The zero-order valence-corrected chi connectivity index (χ0v) is 12.0. The standard InChI is InChI=1S/C14H19N3OS/c1-10-8-12-13(19-10)16-9-17(14(12)18)7-5-11-4-2-3-6-15-11/h8-9,11,15H,2-7H2,1H3. The highest BCUT2D eigenvalue weighted by Crippen LogP contribution is 2.19. The topological polar surface area (TPSA) is 46.9 Å². The second-order valence-corrected chi connectivity index (χ2v) is 6.49. The average molecular weight is 277 g/mol. The van der Waals surface area contributed by atoms with Gasteiger partial charge in [0, 0.05) is 17.5 Å². The van der Waals surface area contributed by atoms with E-state index in [-0.39, 0.29) is 5.56 Å². The van der Waals surface area contributed by atoms with Crippen molar-refractivity contribution in [1.29, 1.82) is 0 Å². The summed E-state index contributed by atoms with van der Waals surface area (Å²) in [6.07, 6.45) is 6.51. The van der Waals surface area contributed by atoms with Gasteiger partial charge in [0.1, 0.15) is 4.83 Å². The lowest BCUT2D eigenvalue weighted by Gasteiger charge is -2.23. The quantitative estimate of drug-likeness (QED) is 0.936. The van der Waals surface area contributed by atoms with Crippen LogP contribution in [0.1, 0.15) is 30.6 Å². The molecule has 19 heavy (non-hydrogen) atoms. The second kappa shape index (κ2) is 5.43. The van der Waals surface area contributed by atoms with Crippen LogP contribution >= 0.6 is 11.3 Å². The third-order valence-electron chi connectivity index (χ3n) is 3.77. The summed E-state index contributed by atoms with van der Waals surface area (Å²) in [6.45, 7) is 3.89. The van der Waals surface area contributed by atoms with Gasteiger partial charge < -0.3 is 5.32 Å². The minimum Gasteiger partial charge on any atom is -0.314 e. The molecule has 1 N–H and O–H groups in total. The molecule has 3 rings (SSSR count). The van der Waals surface area contributed by atoms with Crippen LogP contribution in [-0.2, 0) is 6.54 Å². The maximum Gasteiger partial charge on any atom is 0.262 e. The Morgan fingerprint density at radius 1 is 1.53 bits per heavy atom. The van der Waals surface area contributed by atoms with Crippen molar-refractivity contribution in [1.82, 2.24) is 14.9 Å². The van der Waals surface area contributed by atoms with E-state index in [1.165, 1.54) is 19.3 Å². The van der Waals surface area contributed by atoms with Gasteiger partial charge >= 0.3 is 0 Å². The second-order valence-electron chi connectivity index (χ2n) is 5.25. The Balaban J connectivity index is 1.77. The van der Waals surface area contributed by atoms with Crippen molar-refractivity contribution in [3.63, 3.8) is 0 Å². The van der Waals surface area contributed by atoms with Gasteiger partial charge in [0.2, 0.25) is 0 Å². The predicted octanol–water partition coefficient (Wildman–Crippen LogP) is 2.30. The number of rotatable bonds is 3. The average Bonchev–Trinajstić information content (AvgIpc) is 2.81. The molecule has 0 radical (unpaired) electrons. The first-order valence-electron chi connectivity index (χ1n) is 6.93. The fourth-order valence-corrected chi connectivity index (χ4v) is 3.54. The van der Waals surface area contributed by atoms with Crippen LogP contribution in [0.25, 0.3) is 10.2 Å². The lowest BCUT2D eigenvalue weighted by atomic mass is 10.0. The molecule has 1 atom stereocenters. The van der Waals surface area contributed by atoms with Crippen LogP contribution in [0.2, 0.25) is 0 Å². The van der Waals surface area contributed by atoms with Crippen molar-refractivity contribution in [2.45, 2.75) is 45.2 Å². The number of nitrogens with one attached hydrogen (secondary N) is 1. The highest BCUT2D eigenvalue weighted by molar-refractivity contribution is 7.18. The summed E-state index contributed by atoms with van der Waals surface area (Å²) >= 11 is 1.58. The van der Waals surface area contributed by atoms with Gasteiger partial charge in [-0.05, 0) is 38.8 Å². The zero-order chi connectivity index (χ0) is 13.2. The molecule has 0 amide bonds. The molecule has 102 valence electrons. The van der Waals surface area contributed by atoms with E-state index in [4.69, 9.17) is 0 Å². The number of aromatic nitrogens is 2. The lowest BCUT2D eigenvalue weighted by molar-refractivity contribution is 0.364. The van der Waals surface area contributed by atoms with Crippen molar-refractivity contribution in [2.75, 3.05) is 6.54 Å². The van der Waals surface area contributed by atoms with Gasteiger partial charge in [0.15, 0.2) is 0 Å². The minimum atomic E-state index is 0.102. The molecule has 0 bridgehead atoms. The van der Waals surface area contributed by atoms with E-state index in [0.29, 0.717) is 6.04 Å². The van der Waals surface area contributed by atoms with Gasteiger partial charge in [-0.15, -0.1) is 11.3 Å². The molecule has 0 spiro atoms.